The van der Waals surface area contributed by atoms with E-state index >= 15 is 0 Å². The maximum atomic E-state index is 5.86. The van der Waals surface area contributed by atoms with Crippen molar-refractivity contribution in [2.24, 2.45) is 5.10 Å². The fraction of sp³-hybridized carbons (Fsp3) is 0.167. The van der Waals surface area contributed by atoms with Crippen LogP contribution in [-0.4, -0.2) is 27.8 Å². The molecule has 0 fully saturated rings. The maximum absolute atomic E-state index is 5.86. The molecule has 4 rings (SSSR count). The second-order valence-electron chi connectivity index (χ2n) is 7.01. The third-order valence-electron chi connectivity index (χ3n) is 4.99. The van der Waals surface area contributed by atoms with Gasteiger partial charge in [-0.1, -0.05) is 91.0 Å². The Labute approximate surface area is 171 Å². The minimum absolute atomic E-state index is 0.113. The average molecular weight is 386 g/mol. The predicted molar refractivity (Wildman–Crippen MR) is 119 cm³/mol. The molecule has 0 saturated carbocycles. The van der Waals surface area contributed by atoms with Crippen molar-refractivity contribution in [2.45, 2.75) is 19.0 Å². The van der Waals surface area contributed by atoms with E-state index in [0.29, 0.717) is 0 Å². The van der Waals surface area contributed by atoms with E-state index in [-0.39, 0.29) is 6.04 Å². The number of hydrogen-bond donors (Lipinski definition) is 0. The van der Waals surface area contributed by atoms with Gasteiger partial charge in [0.15, 0.2) is 5.11 Å². The van der Waals surface area contributed by atoms with Crippen molar-refractivity contribution in [1.82, 2.24) is 9.91 Å². The lowest BCUT2D eigenvalue weighted by Crippen LogP contribution is -2.37. The van der Waals surface area contributed by atoms with Crippen molar-refractivity contribution >= 4 is 23.0 Å². The number of rotatable bonds is 4. The fourth-order valence-electron chi connectivity index (χ4n) is 3.53. The highest BCUT2D eigenvalue weighted by Gasteiger charge is 2.32. The van der Waals surface area contributed by atoms with Crippen LogP contribution in [0.1, 0.15) is 29.2 Å². The molecule has 1 atom stereocenters. The molecule has 0 amide bonds. The quantitative estimate of drug-likeness (QED) is 0.571. The van der Waals surface area contributed by atoms with E-state index in [0.717, 1.165) is 29.4 Å². The summed E-state index contributed by atoms with van der Waals surface area (Å²) >= 11 is 5.86. The molecular weight excluding hydrogens is 362 g/mol. The SMILES string of the molecule is CN(Cc1ccccc1)C(=S)N1N=C(c2ccccc2)CC1c1ccccc1. The normalized spacial score (nSPS) is 16.0. The first-order valence-electron chi connectivity index (χ1n) is 9.48. The van der Waals surface area contributed by atoms with Crippen LogP contribution < -0.4 is 0 Å². The zero-order valence-corrected chi connectivity index (χ0v) is 16.7. The van der Waals surface area contributed by atoms with Crippen LogP contribution in [0.25, 0.3) is 0 Å². The highest BCUT2D eigenvalue weighted by atomic mass is 32.1. The largest absolute Gasteiger partial charge is 0.346 e. The van der Waals surface area contributed by atoms with Crippen LogP contribution in [0, 0.1) is 0 Å². The van der Waals surface area contributed by atoms with E-state index in [1.807, 2.05) is 30.3 Å². The smallest absolute Gasteiger partial charge is 0.192 e. The van der Waals surface area contributed by atoms with Crippen molar-refractivity contribution in [1.29, 1.82) is 0 Å². The third-order valence-corrected chi connectivity index (χ3v) is 5.49. The van der Waals surface area contributed by atoms with E-state index in [9.17, 15) is 0 Å². The Hall–Kier alpha value is -2.98. The van der Waals surface area contributed by atoms with E-state index < -0.39 is 0 Å². The summed E-state index contributed by atoms with van der Waals surface area (Å²) in [6.45, 7) is 0.758. The molecule has 3 nitrogen and oxygen atoms in total. The van der Waals surface area contributed by atoms with Gasteiger partial charge in [0.25, 0.3) is 0 Å². The Morgan fingerprint density at radius 3 is 2.14 bits per heavy atom. The van der Waals surface area contributed by atoms with Crippen LogP contribution in [0.5, 0.6) is 0 Å². The minimum atomic E-state index is 0.113. The molecule has 3 aromatic rings. The summed E-state index contributed by atoms with van der Waals surface area (Å²) in [4.78, 5) is 2.10. The van der Waals surface area contributed by atoms with Gasteiger partial charge in [-0.2, -0.15) is 5.10 Å². The fourth-order valence-corrected chi connectivity index (χ4v) is 3.76. The number of benzene rings is 3. The van der Waals surface area contributed by atoms with Gasteiger partial charge in [-0.3, -0.25) is 0 Å². The summed E-state index contributed by atoms with van der Waals surface area (Å²) in [5.74, 6) is 0. The Kier molecular flexibility index (Phi) is 5.49. The number of nitrogens with zero attached hydrogens (tertiary/aromatic N) is 3. The Bertz CT molecular complexity index is 955. The second-order valence-corrected chi connectivity index (χ2v) is 7.38. The zero-order valence-electron chi connectivity index (χ0n) is 15.9. The van der Waals surface area contributed by atoms with Gasteiger partial charge in [0.2, 0.25) is 0 Å². The van der Waals surface area contributed by atoms with E-state index in [1.54, 1.807) is 0 Å². The van der Waals surface area contributed by atoms with Crippen LogP contribution in [0.15, 0.2) is 96.1 Å². The van der Waals surface area contributed by atoms with Gasteiger partial charge in [-0.25, -0.2) is 5.01 Å². The van der Waals surface area contributed by atoms with Crippen LogP contribution >= 0.6 is 12.2 Å². The topological polar surface area (TPSA) is 18.8 Å². The van der Waals surface area contributed by atoms with Crippen LogP contribution in [-0.2, 0) is 6.54 Å². The summed E-state index contributed by atoms with van der Waals surface area (Å²) in [6.07, 6.45) is 0.841. The monoisotopic (exact) mass is 385 g/mol. The van der Waals surface area contributed by atoms with Gasteiger partial charge in [-0.05, 0) is 28.9 Å². The molecule has 3 aromatic carbocycles. The lowest BCUT2D eigenvalue weighted by atomic mass is 9.99. The van der Waals surface area contributed by atoms with Gasteiger partial charge in [-0.15, -0.1) is 0 Å². The van der Waals surface area contributed by atoms with E-state index in [2.05, 4.69) is 77.7 Å². The molecule has 0 aliphatic carbocycles. The van der Waals surface area contributed by atoms with Gasteiger partial charge >= 0.3 is 0 Å². The Balaban J connectivity index is 1.62. The predicted octanol–water partition coefficient (Wildman–Crippen LogP) is 5.25. The summed E-state index contributed by atoms with van der Waals surface area (Å²) < 4.78 is 0. The lowest BCUT2D eigenvalue weighted by Gasteiger charge is -2.30. The highest BCUT2D eigenvalue weighted by Crippen LogP contribution is 2.33. The summed E-state index contributed by atoms with van der Waals surface area (Å²) in [6, 6.07) is 31.4. The number of hydrogen-bond acceptors (Lipinski definition) is 2. The summed E-state index contributed by atoms with van der Waals surface area (Å²) in [7, 11) is 2.04. The van der Waals surface area contributed by atoms with Gasteiger partial charge in [0, 0.05) is 20.0 Å². The zero-order chi connectivity index (χ0) is 19.3. The molecular formula is C24H23N3S. The Morgan fingerprint density at radius 1 is 0.929 bits per heavy atom. The van der Waals surface area contributed by atoms with Crippen molar-refractivity contribution < 1.29 is 0 Å². The molecule has 140 valence electrons. The highest BCUT2D eigenvalue weighted by molar-refractivity contribution is 7.80. The van der Waals surface area contributed by atoms with Crippen LogP contribution in [0.2, 0.25) is 0 Å². The molecule has 1 unspecified atom stereocenters. The van der Waals surface area contributed by atoms with Crippen LogP contribution in [0.4, 0.5) is 0 Å². The van der Waals surface area contributed by atoms with Gasteiger partial charge < -0.3 is 4.90 Å². The standard InChI is InChI=1S/C24H23N3S/c1-26(18-19-11-5-2-6-12-19)24(28)27-23(21-15-9-4-10-16-21)17-22(25-27)20-13-7-3-8-14-20/h2-16,23H,17-18H2,1H3. The van der Waals surface area contributed by atoms with E-state index in [1.165, 1.54) is 11.1 Å². The third kappa shape index (κ3) is 3.97. The molecule has 0 N–H and O–H groups in total. The molecule has 1 aliphatic rings. The van der Waals surface area contributed by atoms with Gasteiger partial charge in [0.1, 0.15) is 0 Å². The van der Waals surface area contributed by atoms with Crippen molar-refractivity contribution in [2.75, 3.05) is 7.05 Å². The van der Waals surface area contributed by atoms with Crippen molar-refractivity contribution in [3.63, 3.8) is 0 Å². The molecule has 0 bridgehead atoms. The van der Waals surface area contributed by atoms with Gasteiger partial charge in [0.05, 0.1) is 11.8 Å². The summed E-state index contributed by atoms with van der Waals surface area (Å²) in [5.41, 5.74) is 4.69. The molecule has 0 radical (unpaired) electrons. The second kappa shape index (κ2) is 8.36. The first-order chi connectivity index (χ1) is 13.7. The molecule has 0 aromatic heterocycles. The molecule has 28 heavy (non-hydrogen) atoms. The molecule has 0 spiro atoms. The van der Waals surface area contributed by atoms with Crippen molar-refractivity contribution in [3.05, 3.63) is 108 Å². The molecule has 1 aliphatic heterocycles. The first kappa shape index (κ1) is 18.4. The minimum Gasteiger partial charge on any atom is -0.346 e. The number of thiocarbonyl (C=S) groups is 1. The van der Waals surface area contributed by atoms with Crippen LogP contribution in [0.3, 0.4) is 0 Å². The number of hydrazone groups is 1. The molecule has 4 heteroatoms. The average Bonchev–Trinajstić information content (AvgIpc) is 3.20. The maximum Gasteiger partial charge on any atom is 0.192 e. The summed E-state index contributed by atoms with van der Waals surface area (Å²) in [5, 5.41) is 7.70. The molecule has 1 heterocycles. The lowest BCUT2D eigenvalue weighted by molar-refractivity contribution is 0.318. The molecule has 0 saturated heterocycles. The van der Waals surface area contributed by atoms with Crippen molar-refractivity contribution in [3.8, 4) is 0 Å². The first-order valence-corrected chi connectivity index (χ1v) is 9.89. The Morgan fingerprint density at radius 2 is 1.50 bits per heavy atom. The van der Waals surface area contributed by atoms with E-state index in [4.69, 9.17) is 17.3 Å².